The molecule has 4 nitrogen and oxygen atoms in total. The molecule has 2 aromatic carbocycles. The highest BCUT2D eigenvalue weighted by molar-refractivity contribution is 9.10. The Labute approximate surface area is 143 Å². The van der Waals surface area contributed by atoms with E-state index in [-0.39, 0.29) is 11.6 Å². The fraction of sp³-hybridized carbons (Fsp3) is 0.222. The highest BCUT2D eigenvalue weighted by atomic mass is 79.9. The first-order chi connectivity index (χ1) is 11.0. The molecule has 0 unspecified atom stereocenters. The number of hydrogen-bond acceptors (Lipinski definition) is 3. The Morgan fingerprint density at radius 1 is 1.17 bits per heavy atom. The molecule has 1 atom stereocenters. The summed E-state index contributed by atoms with van der Waals surface area (Å²) in [6, 6.07) is 15.7. The largest absolute Gasteiger partial charge is 0.309 e. The van der Waals surface area contributed by atoms with Gasteiger partial charge in [-0.05, 0) is 43.8 Å². The lowest BCUT2D eigenvalue weighted by Crippen LogP contribution is -2.26. The SMILES string of the molecule is C[C@H](c1nc2ccccc2c(=O)[nH]1)N(C)Cc1ccc(Br)cc1. The van der Waals surface area contributed by atoms with Gasteiger partial charge in [-0.1, -0.05) is 40.2 Å². The molecule has 0 aliphatic carbocycles. The molecule has 1 heterocycles. The molecule has 0 bridgehead atoms. The molecule has 0 aliphatic heterocycles. The van der Waals surface area contributed by atoms with Crippen molar-refractivity contribution >= 4 is 26.8 Å². The lowest BCUT2D eigenvalue weighted by atomic mass is 10.2. The molecule has 3 aromatic rings. The van der Waals surface area contributed by atoms with E-state index in [1.807, 2.05) is 44.3 Å². The van der Waals surface area contributed by atoms with Crippen LogP contribution >= 0.6 is 15.9 Å². The second kappa shape index (κ2) is 6.64. The third-order valence-electron chi connectivity index (χ3n) is 4.03. The van der Waals surface area contributed by atoms with Gasteiger partial charge in [-0.3, -0.25) is 9.69 Å². The number of halogens is 1. The molecule has 1 N–H and O–H groups in total. The lowest BCUT2D eigenvalue weighted by molar-refractivity contribution is 0.244. The summed E-state index contributed by atoms with van der Waals surface area (Å²) in [5, 5.41) is 0.624. The van der Waals surface area contributed by atoms with Crippen LogP contribution in [0.5, 0.6) is 0 Å². The first kappa shape index (κ1) is 15.9. The van der Waals surface area contributed by atoms with Gasteiger partial charge in [0.25, 0.3) is 5.56 Å². The Hall–Kier alpha value is -1.98. The Bertz CT molecular complexity index is 873. The van der Waals surface area contributed by atoms with Crippen LogP contribution < -0.4 is 5.56 Å². The van der Waals surface area contributed by atoms with Crippen LogP contribution in [0.4, 0.5) is 0 Å². The van der Waals surface area contributed by atoms with Gasteiger partial charge in [-0.15, -0.1) is 0 Å². The summed E-state index contributed by atoms with van der Waals surface area (Å²) in [7, 11) is 2.03. The van der Waals surface area contributed by atoms with Crippen molar-refractivity contribution in [1.82, 2.24) is 14.9 Å². The number of fused-ring (bicyclic) bond motifs is 1. The normalized spacial score (nSPS) is 12.7. The van der Waals surface area contributed by atoms with E-state index in [0.29, 0.717) is 11.2 Å². The standard InChI is InChI=1S/C18H18BrN3O/c1-12(22(2)11-13-7-9-14(19)10-8-13)17-20-16-6-4-3-5-15(16)18(23)21-17/h3-10,12H,11H2,1-2H3,(H,20,21,23)/t12-/m1/s1. The average Bonchev–Trinajstić information content (AvgIpc) is 2.56. The molecule has 0 radical (unpaired) electrons. The minimum atomic E-state index is -0.0884. The monoisotopic (exact) mass is 371 g/mol. The Morgan fingerprint density at radius 2 is 1.87 bits per heavy atom. The van der Waals surface area contributed by atoms with E-state index in [2.05, 4.69) is 42.9 Å². The molecule has 0 spiro atoms. The van der Waals surface area contributed by atoms with Gasteiger partial charge in [-0.25, -0.2) is 4.98 Å². The van der Waals surface area contributed by atoms with E-state index in [1.165, 1.54) is 5.56 Å². The molecule has 0 amide bonds. The van der Waals surface area contributed by atoms with Crippen molar-refractivity contribution < 1.29 is 0 Å². The molecule has 0 saturated carbocycles. The van der Waals surface area contributed by atoms with E-state index >= 15 is 0 Å². The van der Waals surface area contributed by atoms with E-state index < -0.39 is 0 Å². The third kappa shape index (κ3) is 3.51. The fourth-order valence-corrected chi connectivity index (χ4v) is 2.79. The van der Waals surface area contributed by atoms with Crippen LogP contribution in [0.15, 0.2) is 57.8 Å². The van der Waals surface area contributed by atoms with Crippen LogP contribution in [-0.4, -0.2) is 21.9 Å². The Morgan fingerprint density at radius 3 is 2.61 bits per heavy atom. The molecule has 0 saturated heterocycles. The quantitative estimate of drug-likeness (QED) is 0.756. The number of rotatable bonds is 4. The van der Waals surface area contributed by atoms with Gasteiger partial charge in [0, 0.05) is 11.0 Å². The predicted octanol–water partition coefficient (Wildman–Crippen LogP) is 3.88. The van der Waals surface area contributed by atoms with Crippen molar-refractivity contribution in [2.75, 3.05) is 7.05 Å². The van der Waals surface area contributed by atoms with Crippen LogP contribution in [0.2, 0.25) is 0 Å². The zero-order valence-electron chi connectivity index (χ0n) is 13.1. The zero-order valence-corrected chi connectivity index (χ0v) is 14.7. The number of benzene rings is 2. The minimum Gasteiger partial charge on any atom is -0.309 e. The van der Waals surface area contributed by atoms with Crippen LogP contribution in [0.1, 0.15) is 24.4 Å². The van der Waals surface area contributed by atoms with E-state index in [4.69, 9.17) is 0 Å². The maximum Gasteiger partial charge on any atom is 0.258 e. The van der Waals surface area contributed by atoms with Crippen molar-refractivity contribution in [2.24, 2.45) is 0 Å². The van der Waals surface area contributed by atoms with Crippen LogP contribution in [0.3, 0.4) is 0 Å². The summed E-state index contributed by atoms with van der Waals surface area (Å²) in [5.74, 6) is 0.688. The molecule has 0 fully saturated rings. The summed E-state index contributed by atoms with van der Waals surface area (Å²) in [4.78, 5) is 21.9. The van der Waals surface area contributed by atoms with Crippen molar-refractivity contribution in [3.05, 3.63) is 74.7 Å². The highest BCUT2D eigenvalue weighted by Gasteiger charge is 2.15. The van der Waals surface area contributed by atoms with E-state index in [1.54, 1.807) is 6.07 Å². The summed E-state index contributed by atoms with van der Waals surface area (Å²) in [6.45, 7) is 2.83. The van der Waals surface area contributed by atoms with Crippen molar-refractivity contribution in [2.45, 2.75) is 19.5 Å². The van der Waals surface area contributed by atoms with Gasteiger partial charge in [0.2, 0.25) is 0 Å². The van der Waals surface area contributed by atoms with Gasteiger partial charge >= 0.3 is 0 Å². The Balaban J connectivity index is 1.85. The summed E-state index contributed by atoms with van der Waals surface area (Å²) < 4.78 is 1.07. The maximum absolute atomic E-state index is 12.2. The maximum atomic E-state index is 12.2. The van der Waals surface area contributed by atoms with Gasteiger partial charge in [0.05, 0.1) is 16.9 Å². The topological polar surface area (TPSA) is 49.0 Å². The summed E-state index contributed by atoms with van der Waals surface area (Å²) in [5.41, 5.74) is 1.86. The van der Waals surface area contributed by atoms with Gasteiger partial charge in [0.1, 0.15) is 5.82 Å². The smallest absolute Gasteiger partial charge is 0.258 e. The van der Waals surface area contributed by atoms with E-state index in [0.717, 1.165) is 16.5 Å². The van der Waals surface area contributed by atoms with Crippen molar-refractivity contribution in [3.8, 4) is 0 Å². The third-order valence-corrected chi connectivity index (χ3v) is 4.56. The number of para-hydroxylation sites is 1. The molecule has 5 heteroatoms. The highest BCUT2D eigenvalue weighted by Crippen LogP contribution is 2.19. The lowest BCUT2D eigenvalue weighted by Gasteiger charge is -2.24. The van der Waals surface area contributed by atoms with Crippen molar-refractivity contribution in [1.29, 1.82) is 0 Å². The number of hydrogen-bond donors (Lipinski definition) is 1. The fourth-order valence-electron chi connectivity index (χ4n) is 2.53. The number of nitrogens with one attached hydrogen (secondary N) is 1. The van der Waals surface area contributed by atoms with E-state index in [9.17, 15) is 4.79 Å². The van der Waals surface area contributed by atoms with Gasteiger partial charge < -0.3 is 4.98 Å². The van der Waals surface area contributed by atoms with Crippen LogP contribution in [-0.2, 0) is 6.54 Å². The molecule has 1 aromatic heterocycles. The molecule has 118 valence electrons. The number of nitrogens with zero attached hydrogens (tertiary/aromatic N) is 2. The molecule has 0 aliphatic rings. The summed E-state index contributed by atoms with van der Waals surface area (Å²) >= 11 is 3.44. The predicted molar refractivity (Wildman–Crippen MR) is 96.4 cm³/mol. The van der Waals surface area contributed by atoms with Gasteiger partial charge in [0.15, 0.2) is 0 Å². The van der Waals surface area contributed by atoms with Crippen molar-refractivity contribution in [3.63, 3.8) is 0 Å². The number of aromatic nitrogens is 2. The first-order valence-electron chi connectivity index (χ1n) is 7.48. The number of H-pyrrole nitrogens is 1. The first-order valence-corrected chi connectivity index (χ1v) is 8.27. The molecule has 3 rings (SSSR count). The minimum absolute atomic E-state index is 0.0101. The molecular weight excluding hydrogens is 354 g/mol. The zero-order chi connectivity index (χ0) is 16.4. The molecule has 23 heavy (non-hydrogen) atoms. The summed E-state index contributed by atoms with van der Waals surface area (Å²) in [6.07, 6.45) is 0. The number of aromatic amines is 1. The average molecular weight is 372 g/mol. The van der Waals surface area contributed by atoms with Crippen LogP contribution in [0, 0.1) is 0 Å². The second-order valence-corrected chi connectivity index (χ2v) is 6.60. The molecular formula is C18H18BrN3O. The van der Waals surface area contributed by atoms with Crippen LogP contribution in [0.25, 0.3) is 10.9 Å². The second-order valence-electron chi connectivity index (χ2n) is 5.69. The van der Waals surface area contributed by atoms with Gasteiger partial charge in [-0.2, -0.15) is 0 Å². The Kier molecular flexibility index (Phi) is 4.59.